The van der Waals surface area contributed by atoms with Gasteiger partial charge >= 0.3 is 6.03 Å². The first kappa shape index (κ1) is 13.4. The predicted octanol–water partition coefficient (Wildman–Crippen LogP) is 2.04. The third-order valence-electron chi connectivity index (χ3n) is 4.21. The van der Waals surface area contributed by atoms with Crippen molar-refractivity contribution in [2.45, 2.75) is 32.6 Å². The number of likely N-dealkylation sites (N-methyl/N-ethyl adjacent to an activating group) is 1. The Kier molecular flexibility index (Phi) is 4.64. The molecule has 0 unspecified atom stereocenters. The number of rotatable bonds is 2. The second kappa shape index (κ2) is 6.23. The van der Waals surface area contributed by atoms with Crippen LogP contribution in [0.4, 0.5) is 4.79 Å². The van der Waals surface area contributed by atoms with Gasteiger partial charge in [0, 0.05) is 32.4 Å². The molecular weight excluding hydrogens is 226 g/mol. The fraction of sp³-hybridized carbons (Fsp3) is 0.786. The maximum Gasteiger partial charge on any atom is 0.321 e. The van der Waals surface area contributed by atoms with Gasteiger partial charge in [-0.25, -0.2) is 4.79 Å². The molecule has 1 aliphatic carbocycles. The van der Waals surface area contributed by atoms with Crippen LogP contribution in [0.1, 0.15) is 32.6 Å². The Balaban J connectivity index is 1.78. The van der Waals surface area contributed by atoms with E-state index in [0.717, 1.165) is 26.2 Å². The fourth-order valence-electron chi connectivity index (χ4n) is 2.78. The van der Waals surface area contributed by atoms with Crippen molar-refractivity contribution in [2.24, 2.45) is 5.92 Å². The van der Waals surface area contributed by atoms with Gasteiger partial charge in [-0.1, -0.05) is 18.4 Å². The van der Waals surface area contributed by atoms with E-state index in [2.05, 4.69) is 24.2 Å². The molecule has 2 aliphatic rings. The van der Waals surface area contributed by atoms with E-state index >= 15 is 0 Å². The van der Waals surface area contributed by atoms with Crippen molar-refractivity contribution in [1.29, 1.82) is 0 Å². The van der Waals surface area contributed by atoms with Gasteiger partial charge in [0.25, 0.3) is 0 Å². The summed E-state index contributed by atoms with van der Waals surface area (Å²) < 4.78 is 0. The molecule has 0 atom stereocenters. The standard InChI is InChI=1S/C14H25N3O/c1-12(13-5-3-4-6-13)11-15-14(18)17-9-7-16(2)8-10-17/h11,13H,3-10H2,1-2H3,(H,15,18)/b12-11+. The average Bonchev–Trinajstić information content (AvgIpc) is 2.90. The number of carbonyl (C=O) groups is 1. The lowest BCUT2D eigenvalue weighted by Gasteiger charge is -2.32. The number of hydrogen-bond acceptors (Lipinski definition) is 2. The molecule has 18 heavy (non-hydrogen) atoms. The number of piperazine rings is 1. The molecule has 102 valence electrons. The van der Waals surface area contributed by atoms with Gasteiger partial charge in [-0.15, -0.1) is 0 Å². The van der Waals surface area contributed by atoms with Gasteiger partial charge in [-0.3, -0.25) is 0 Å². The lowest BCUT2D eigenvalue weighted by atomic mass is 10.0. The number of urea groups is 1. The van der Waals surface area contributed by atoms with Crippen LogP contribution in [0.2, 0.25) is 0 Å². The molecule has 2 rings (SSSR count). The van der Waals surface area contributed by atoms with Gasteiger partial charge in [0.15, 0.2) is 0 Å². The molecule has 0 aromatic heterocycles. The number of amides is 2. The van der Waals surface area contributed by atoms with Crippen LogP contribution < -0.4 is 5.32 Å². The van der Waals surface area contributed by atoms with Gasteiger partial charge < -0.3 is 15.1 Å². The minimum absolute atomic E-state index is 0.0560. The van der Waals surface area contributed by atoms with Crippen LogP contribution in [0, 0.1) is 5.92 Å². The van der Waals surface area contributed by atoms with E-state index in [1.807, 2.05) is 11.1 Å². The Hall–Kier alpha value is -1.03. The van der Waals surface area contributed by atoms with E-state index < -0.39 is 0 Å². The number of hydrogen-bond donors (Lipinski definition) is 1. The van der Waals surface area contributed by atoms with Gasteiger partial charge in [-0.05, 0) is 32.7 Å². The third-order valence-corrected chi connectivity index (χ3v) is 4.21. The van der Waals surface area contributed by atoms with Crippen molar-refractivity contribution < 1.29 is 4.79 Å². The van der Waals surface area contributed by atoms with Gasteiger partial charge in [0.05, 0.1) is 0 Å². The Labute approximate surface area is 110 Å². The van der Waals surface area contributed by atoms with Crippen molar-refractivity contribution in [3.8, 4) is 0 Å². The summed E-state index contributed by atoms with van der Waals surface area (Å²) in [6.07, 6.45) is 7.17. The third kappa shape index (κ3) is 3.48. The second-order valence-corrected chi connectivity index (χ2v) is 5.61. The summed E-state index contributed by atoms with van der Waals surface area (Å²) in [5, 5.41) is 2.95. The quantitative estimate of drug-likeness (QED) is 0.815. The molecule has 1 aliphatic heterocycles. The fourth-order valence-corrected chi connectivity index (χ4v) is 2.78. The van der Waals surface area contributed by atoms with Crippen LogP contribution in [0.15, 0.2) is 11.8 Å². The first-order chi connectivity index (χ1) is 8.66. The Morgan fingerprint density at radius 3 is 2.39 bits per heavy atom. The highest BCUT2D eigenvalue weighted by Gasteiger charge is 2.19. The van der Waals surface area contributed by atoms with E-state index in [4.69, 9.17) is 0 Å². The molecule has 0 bridgehead atoms. The summed E-state index contributed by atoms with van der Waals surface area (Å²) in [7, 11) is 2.10. The molecule has 4 heteroatoms. The van der Waals surface area contributed by atoms with Crippen molar-refractivity contribution >= 4 is 6.03 Å². The molecule has 1 heterocycles. The summed E-state index contributed by atoms with van der Waals surface area (Å²) in [5.41, 5.74) is 1.33. The molecule has 1 saturated heterocycles. The van der Waals surface area contributed by atoms with Gasteiger partial charge in [0.2, 0.25) is 0 Å². The molecule has 1 saturated carbocycles. The van der Waals surface area contributed by atoms with Crippen LogP contribution in [0.5, 0.6) is 0 Å². The Morgan fingerprint density at radius 2 is 1.78 bits per heavy atom. The van der Waals surface area contributed by atoms with E-state index in [1.165, 1.54) is 31.3 Å². The van der Waals surface area contributed by atoms with Crippen LogP contribution >= 0.6 is 0 Å². The highest BCUT2D eigenvalue weighted by molar-refractivity contribution is 5.75. The van der Waals surface area contributed by atoms with E-state index in [-0.39, 0.29) is 6.03 Å². The molecule has 2 fully saturated rings. The summed E-state index contributed by atoms with van der Waals surface area (Å²) in [4.78, 5) is 16.1. The Morgan fingerprint density at radius 1 is 1.17 bits per heavy atom. The number of carbonyl (C=O) groups excluding carboxylic acids is 1. The number of nitrogens with one attached hydrogen (secondary N) is 1. The van der Waals surface area contributed by atoms with Crippen LogP contribution in [0.25, 0.3) is 0 Å². The van der Waals surface area contributed by atoms with Crippen molar-refractivity contribution in [1.82, 2.24) is 15.1 Å². The van der Waals surface area contributed by atoms with Crippen molar-refractivity contribution in [3.05, 3.63) is 11.8 Å². The maximum absolute atomic E-state index is 12.0. The zero-order chi connectivity index (χ0) is 13.0. The van der Waals surface area contributed by atoms with Gasteiger partial charge in [0.1, 0.15) is 0 Å². The predicted molar refractivity (Wildman–Crippen MR) is 73.3 cm³/mol. The van der Waals surface area contributed by atoms with Gasteiger partial charge in [-0.2, -0.15) is 0 Å². The topological polar surface area (TPSA) is 35.6 Å². The van der Waals surface area contributed by atoms with E-state index in [1.54, 1.807) is 0 Å². The monoisotopic (exact) mass is 251 g/mol. The number of allylic oxidation sites excluding steroid dienone is 1. The largest absolute Gasteiger partial charge is 0.322 e. The molecule has 4 nitrogen and oxygen atoms in total. The molecule has 2 amide bonds. The highest BCUT2D eigenvalue weighted by atomic mass is 16.2. The zero-order valence-electron chi connectivity index (χ0n) is 11.6. The molecule has 0 spiro atoms. The average molecular weight is 251 g/mol. The smallest absolute Gasteiger partial charge is 0.321 e. The van der Waals surface area contributed by atoms with Crippen LogP contribution in [-0.2, 0) is 0 Å². The van der Waals surface area contributed by atoms with Crippen molar-refractivity contribution in [2.75, 3.05) is 33.2 Å². The minimum atomic E-state index is 0.0560. The zero-order valence-corrected chi connectivity index (χ0v) is 11.6. The summed E-state index contributed by atoms with van der Waals surface area (Å²) in [5.74, 6) is 0.692. The summed E-state index contributed by atoms with van der Waals surface area (Å²) in [6, 6.07) is 0.0560. The molecule has 0 radical (unpaired) electrons. The van der Waals surface area contributed by atoms with Crippen LogP contribution in [0.3, 0.4) is 0 Å². The van der Waals surface area contributed by atoms with Crippen molar-refractivity contribution in [3.63, 3.8) is 0 Å². The van der Waals surface area contributed by atoms with E-state index in [0.29, 0.717) is 5.92 Å². The molecule has 0 aromatic carbocycles. The lowest BCUT2D eigenvalue weighted by molar-refractivity contribution is 0.157. The maximum atomic E-state index is 12.0. The summed E-state index contributed by atoms with van der Waals surface area (Å²) in [6.45, 7) is 5.75. The first-order valence-corrected chi connectivity index (χ1v) is 7.07. The highest BCUT2D eigenvalue weighted by Crippen LogP contribution is 2.30. The van der Waals surface area contributed by atoms with E-state index in [9.17, 15) is 4.79 Å². The first-order valence-electron chi connectivity index (χ1n) is 7.07. The number of nitrogens with zero attached hydrogens (tertiary/aromatic N) is 2. The molecule has 1 N–H and O–H groups in total. The summed E-state index contributed by atoms with van der Waals surface area (Å²) >= 11 is 0. The Bertz CT molecular complexity index is 313. The molecule has 0 aromatic rings. The normalized spacial score (nSPS) is 23.4. The second-order valence-electron chi connectivity index (χ2n) is 5.61. The molecular formula is C14H25N3O. The van der Waals surface area contributed by atoms with Crippen LogP contribution in [-0.4, -0.2) is 49.1 Å². The SMILES string of the molecule is C/C(=C\NC(=O)N1CCN(C)CC1)C1CCCC1. The minimum Gasteiger partial charge on any atom is -0.322 e. The lowest BCUT2D eigenvalue weighted by Crippen LogP contribution is -2.49.